The molecule has 2 aromatic rings. The molecular weight excluding hydrogens is 232 g/mol. The van der Waals surface area contributed by atoms with E-state index in [9.17, 15) is 9.59 Å². The molecule has 0 aliphatic carbocycles. The van der Waals surface area contributed by atoms with E-state index < -0.39 is 11.9 Å². The summed E-state index contributed by atoms with van der Waals surface area (Å²) >= 11 is 0. The molecule has 1 aromatic heterocycles. The van der Waals surface area contributed by atoms with Crippen LogP contribution in [0.4, 0.5) is 0 Å². The lowest BCUT2D eigenvalue weighted by Crippen LogP contribution is -2.25. The van der Waals surface area contributed by atoms with Gasteiger partial charge in [-0.1, -0.05) is 18.2 Å². The molecule has 1 aromatic carbocycles. The van der Waals surface area contributed by atoms with Crippen molar-refractivity contribution in [2.75, 3.05) is 0 Å². The first-order valence-corrected chi connectivity index (χ1v) is 5.80. The molecule has 0 unspecified atom stereocenters. The van der Waals surface area contributed by atoms with E-state index in [4.69, 9.17) is 0 Å². The van der Waals surface area contributed by atoms with Crippen LogP contribution in [0, 0.1) is 0 Å². The average molecular weight is 244 g/mol. The molecule has 5 heteroatoms. The van der Waals surface area contributed by atoms with Crippen molar-refractivity contribution in [2.45, 2.75) is 18.8 Å². The number of aryl methyl sites for hydroxylation is 1. The van der Waals surface area contributed by atoms with Crippen molar-refractivity contribution in [2.24, 2.45) is 7.05 Å². The zero-order valence-corrected chi connectivity index (χ0v) is 9.92. The van der Waals surface area contributed by atoms with Crippen LogP contribution in [0.15, 0.2) is 24.3 Å². The summed E-state index contributed by atoms with van der Waals surface area (Å²) in [5, 5.41) is 5.38. The predicted octanol–water partition coefficient (Wildman–Crippen LogP) is 1.52. The van der Waals surface area contributed by atoms with E-state index in [2.05, 4.69) is 9.84 Å². The highest BCUT2D eigenvalue weighted by Crippen LogP contribution is 2.32. The number of benzene rings is 1. The van der Waals surface area contributed by atoms with Gasteiger partial charge in [0.25, 0.3) is 0 Å². The minimum absolute atomic E-state index is 0.142. The molecule has 1 aliphatic heterocycles. The van der Waals surface area contributed by atoms with Crippen molar-refractivity contribution in [3.63, 3.8) is 0 Å². The van der Waals surface area contributed by atoms with E-state index in [-0.39, 0.29) is 18.8 Å². The summed E-state index contributed by atoms with van der Waals surface area (Å²) in [5.74, 6) is -1.06. The second-order valence-corrected chi connectivity index (χ2v) is 4.48. The summed E-state index contributed by atoms with van der Waals surface area (Å²) in [4.78, 5) is 22.7. The molecule has 2 heterocycles. The Bertz CT molecular complexity index is 629. The van der Waals surface area contributed by atoms with E-state index in [0.717, 1.165) is 16.6 Å². The number of nitrogens with zero attached hydrogens (tertiary/aromatic N) is 2. The van der Waals surface area contributed by atoms with Crippen LogP contribution < -0.4 is 0 Å². The van der Waals surface area contributed by atoms with Crippen LogP contribution in [0.2, 0.25) is 0 Å². The van der Waals surface area contributed by atoms with E-state index in [1.54, 1.807) is 4.68 Å². The molecule has 0 radical (unpaired) electrons. The maximum Gasteiger partial charge on any atom is 0.314 e. The lowest BCUT2D eigenvalue weighted by Gasteiger charge is -2.20. The third-order valence-electron chi connectivity index (χ3n) is 3.23. The minimum atomic E-state index is -0.457. The number of fused-ring (bicyclic) bond motifs is 1. The Morgan fingerprint density at radius 3 is 2.61 bits per heavy atom. The summed E-state index contributed by atoms with van der Waals surface area (Å²) in [6.07, 6.45) is 0.463. The SMILES string of the molecule is Cn1nc2ccccc2c1C1CC(=O)OC(=O)C1. The Hall–Kier alpha value is -2.17. The Balaban J connectivity index is 2.10. The fraction of sp³-hybridized carbons (Fsp3) is 0.308. The van der Waals surface area contributed by atoms with E-state index in [1.165, 1.54) is 0 Å². The number of aromatic nitrogens is 2. The van der Waals surface area contributed by atoms with Crippen molar-refractivity contribution in [1.82, 2.24) is 9.78 Å². The van der Waals surface area contributed by atoms with Crippen LogP contribution in [-0.4, -0.2) is 21.7 Å². The predicted molar refractivity (Wildman–Crippen MR) is 63.8 cm³/mol. The molecule has 0 amide bonds. The number of rotatable bonds is 1. The lowest BCUT2D eigenvalue weighted by atomic mass is 9.93. The molecule has 0 atom stereocenters. The van der Waals surface area contributed by atoms with Gasteiger partial charge < -0.3 is 4.74 Å². The van der Waals surface area contributed by atoms with Crippen molar-refractivity contribution < 1.29 is 14.3 Å². The highest BCUT2D eigenvalue weighted by Gasteiger charge is 2.31. The molecule has 0 N–H and O–H groups in total. The quantitative estimate of drug-likeness (QED) is 0.563. The molecule has 3 rings (SSSR count). The van der Waals surface area contributed by atoms with Gasteiger partial charge in [-0.05, 0) is 6.07 Å². The fourth-order valence-corrected chi connectivity index (χ4v) is 2.53. The molecule has 1 fully saturated rings. The first-order valence-electron chi connectivity index (χ1n) is 5.80. The molecular formula is C13H12N2O3. The molecule has 0 bridgehead atoms. The summed E-state index contributed by atoms with van der Waals surface area (Å²) in [5.41, 5.74) is 1.80. The Kier molecular flexibility index (Phi) is 2.40. The highest BCUT2D eigenvalue weighted by molar-refractivity contribution is 5.91. The number of hydrogen-bond donors (Lipinski definition) is 0. The number of esters is 2. The van der Waals surface area contributed by atoms with E-state index >= 15 is 0 Å². The normalized spacial score (nSPS) is 17.2. The van der Waals surface area contributed by atoms with Crippen molar-refractivity contribution in [3.05, 3.63) is 30.0 Å². The summed E-state index contributed by atoms with van der Waals surface area (Å²) in [6.45, 7) is 0. The molecule has 5 nitrogen and oxygen atoms in total. The Morgan fingerprint density at radius 2 is 1.89 bits per heavy atom. The maximum atomic E-state index is 11.4. The van der Waals surface area contributed by atoms with Crippen molar-refractivity contribution in [1.29, 1.82) is 0 Å². The van der Waals surface area contributed by atoms with Crippen LogP contribution in [0.25, 0.3) is 10.9 Å². The van der Waals surface area contributed by atoms with Crippen LogP contribution in [0.3, 0.4) is 0 Å². The number of cyclic esters (lactones) is 2. The first-order chi connectivity index (χ1) is 8.65. The second-order valence-electron chi connectivity index (χ2n) is 4.48. The van der Waals surface area contributed by atoms with Gasteiger partial charge >= 0.3 is 11.9 Å². The van der Waals surface area contributed by atoms with Gasteiger partial charge in [-0.15, -0.1) is 0 Å². The maximum absolute atomic E-state index is 11.4. The van der Waals surface area contributed by atoms with Gasteiger partial charge in [-0.2, -0.15) is 5.10 Å². The number of carbonyl (C=O) groups is 2. The largest absolute Gasteiger partial charge is 0.393 e. The van der Waals surface area contributed by atoms with Crippen LogP contribution in [0.1, 0.15) is 24.5 Å². The van der Waals surface area contributed by atoms with Crippen molar-refractivity contribution >= 4 is 22.8 Å². The smallest absolute Gasteiger partial charge is 0.314 e. The van der Waals surface area contributed by atoms with Gasteiger partial charge in [0.2, 0.25) is 0 Å². The average Bonchev–Trinajstić information content (AvgIpc) is 2.63. The van der Waals surface area contributed by atoms with Gasteiger partial charge in [0, 0.05) is 18.4 Å². The number of carbonyl (C=O) groups excluding carboxylic acids is 2. The van der Waals surface area contributed by atoms with Gasteiger partial charge in [0.1, 0.15) is 0 Å². The first kappa shape index (κ1) is 11.0. The van der Waals surface area contributed by atoms with E-state index in [0.29, 0.717) is 0 Å². The number of hydrogen-bond acceptors (Lipinski definition) is 4. The monoisotopic (exact) mass is 244 g/mol. The minimum Gasteiger partial charge on any atom is -0.393 e. The molecule has 0 spiro atoms. The summed E-state index contributed by atoms with van der Waals surface area (Å²) in [6, 6.07) is 7.72. The molecule has 1 saturated heterocycles. The lowest BCUT2D eigenvalue weighted by molar-refractivity contribution is -0.164. The molecule has 18 heavy (non-hydrogen) atoms. The van der Waals surface area contributed by atoms with Gasteiger partial charge in [0.05, 0.1) is 24.1 Å². The molecule has 92 valence electrons. The number of ether oxygens (including phenoxy) is 1. The zero-order valence-electron chi connectivity index (χ0n) is 9.92. The third-order valence-corrected chi connectivity index (χ3v) is 3.23. The van der Waals surface area contributed by atoms with Gasteiger partial charge in [0.15, 0.2) is 0 Å². The van der Waals surface area contributed by atoms with Crippen LogP contribution >= 0.6 is 0 Å². The zero-order chi connectivity index (χ0) is 12.7. The van der Waals surface area contributed by atoms with Gasteiger partial charge in [-0.3, -0.25) is 14.3 Å². The molecule has 0 saturated carbocycles. The molecule has 1 aliphatic rings. The Labute approximate surface area is 103 Å². The fourth-order valence-electron chi connectivity index (χ4n) is 2.53. The second kappa shape index (κ2) is 3.94. The van der Waals surface area contributed by atoms with Crippen LogP contribution in [0.5, 0.6) is 0 Å². The summed E-state index contributed by atoms with van der Waals surface area (Å²) in [7, 11) is 1.83. The van der Waals surface area contributed by atoms with Gasteiger partial charge in [-0.25, -0.2) is 0 Å². The van der Waals surface area contributed by atoms with Crippen molar-refractivity contribution in [3.8, 4) is 0 Å². The highest BCUT2D eigenvalue weighted by atomic mass is 16.6. The Morgan fingerprint density at radius 1 is 1.22 bits per heavy atom. The standard InChI is InChI=1S/C13H12N2O3/c1-15-13(8-6-11(16)18-12(17)7-8)9-4-2-3-5-10(9)14-15/h2-5,8H,6-7H2,1H3. The summed E-state index contributed by atoms with van der Waals surface area (Å²) < 4.78 is 6.31. The van der Waals surface area contributed by atoms with E-state index in [1.807, 2.05) is 31.3 Å². The third kappa shape index (κ3) is 1.68. The topological polar surface area (TPSA) is 61.2 Å². The van der Waals surface area contributed by atoms with Crippen LogP contribution in [-0.2, 0) is 21.4 Å².